The molecule has 3 aromatic rings. The van der Waals surface area contributed by atoms with Crippen molar-refractivity contribution >= 4 is 21.6 Å². The first kappa shape index (κ1) is 21.0. The lowest BCUT2D eigenvalue weighted by atomic mass is 10.1. The van der Waals surface area contributed by atoms with Crippen molar-refractivity contribution in [2.24, 2.45) is 0 Å². The van der Waals surface area contributed by atoms with Crippen LogP contribution in [0.15, 0.2) is 51.9 Å². The Labute approximate surface area is 181 Å². The molecule has 0 N–H and O–H groups in total. The van der Waals surface area contributed by atoms with Crippen molar-refractivity contribution in [3.63, 3.8) is 0 Å². The Morgan fingerprint density at radius 3 is 2.37 bits per heavy atom. The summed E-state index contributed by atoms with van der Waals surface area (Å²) in [6, 6.07) is 12.5. The highest BCUT2D eigenvalue weighted by molar-refractivity contribution is 7.89. The van der Waals surface area contributed by atoms with E-state index in [4.69, 9.17) is 16.1 Å². The molecule has 9 heteroatoms. The minimum absolute atomic E-state index is 0.351. The maximum absolute atomic E-state index is 13.0. The molecule has 1 aromatic heterocycles. The Morgan fingerprint density at radius 2 is 1.70 bits per heavy atom. The van der Waals surface area contributed by atoms with E-state index in [0.717, 1.165) is 16.7 Å². The molecule has 30 heavy (non-hydrogen) atoms. The van der Waals surface area contributed by atoms with E-state index in [-0.39, 0.29) is 0 Å². The molecule has 0 bridgehead atoms. The van der Waals surface area contributed by atoms with Gasteiger partial charge in [0.25, 0.3) is 0 Å². The molecule has 0 aliphatic carbocycles. The SMILES string of the molecule is Cc1ccc(S(=O)(=O)N2CCN(Cc3nc(-c4ccc(Cl)cc4)no3)CC2)cc1C. The van der Waals surface area contributed by atoms with Gasteiger partial charge in [0.2, 0.25) is 21.7 Å². The van der Waals surface area contributed by atoms with Crippen molar-refractivity contribution in [1.82, 2.24) is 19.3 Å². The van der Waals surface area contributed by atoms with E-state index in [0.29, 0.717) is 54.4 Å². The summed E-state index contributed by atoms with van der Waals surface area (Å²) in [5, 5.41) is 4.68. The fourth-order valence-electron chi connectivity index (χ4n) is 3.38. The van der Waals surface area contributed by atoms with Gasteiger partial charge in [-0.2, -0.15) is 9.29 Å². The van der Waals surface area contributed by atoms with Crippen molar-refractivity contribution in [2.75, 3.05) is 26.2 Å². The fraction of sp³-hybridized carbons (Fsp3) is 0.333. The molecule has 1 aliphatic rings. The lowest BCUT2D eigenvalue weighted by Gasteiger charge is -2.33. The van der Waals surface area contributed by atoms with Crippen molar-refractivity contribution in [3.05, 3.63) is 64.5 Å². The minimum Gasteiger partial charge on any atom is -0.338 e. The van der Waals surface area contributed by atoms with E-state index in [2.05, 4.69) is 15.0 Å². The standard InChI is InChI=1S/C21H23ClN4O3S/c1-15-3-8-19(13-16(15)2)30(27,28)26-11-9-25(10-12-26)14-20-23-21(24-29-20)17-4-6-18(22)7-5-17/h3-8,13H,9-12,14H2,1-2H3. The van der Waals surface area contributed by atoms with E-state index in [1.807, 2.05) is 32.0 Å². The van der Waals surface area contributed by atoms with Crippen LogP contribution in [0.25, 0.3) is 11.4 Å². The van der Waals surface area contributed by atoms with Crippen LogP contribution in [0.2, 0.25) is 5.02 Å². The van der Waals surface area contributed by atoms with Gasteiger partial charge in [0.05, 0.1) is 11.4 Å². The molecular formula is C21H23ClN4O3S. The molecule has 1 aliphatic heterocycles. The van der Waals surface area contributed by atoms with Gasteiger partial charge in [0.15, 0.2) is 0 Å². The van der Waals surface area contributed by atoms with Crippen molar-refractivity contribution in [1.29, 1.82) is 0 Å². The highest BCUT2D eigenvalue weighted by Gasteiger charge is 2.29. The lowest BCUT2D eigenvalue weighted by Crippen LogP contribution is -2.48. The van der Waals surface area contributed by atoms with Crippen LogP contribution in [-0.2, 0) is 16.6 Å². The summed E-state index contributed by atoms with van der Waals surface area (Å²) in [5.74, 6) is 1.02. The van der Waals surface area contributed by atoms with Crippen molar-refractivity contribution in [2.45, 2.75) is 25.3 Å². The van der Waals surface area contributed by atoms with Crippen LogP contribution in [0.1, 0.15) is 17.0 Å². The number of nitrogens with zero attached hydrogens (tertiary/aromatic N) is 4. The Bertz CT molecular complexity index is 1140. The number of hydrogen-bond acceptors (Lipinski definition) is 6. The first-order valence-corrected chi connectivity index (χ1v) is 11.5. The fourth-order valence-corrected chi connectivity index (χ4v) is 5.01. The third-order valence-electron chi connectivity index (χ3n) is 5.38. The predicted octanol–water partition coefficient (Wildman–Crippen LogP) is 3.51. The molecule has 4 rings (SSSR count). The normalized spacial score (nSPS) is 16.1. The molecule has 0 spiro atoms. The maximum Gasteiger partial charge on any atom is 0.243 e. The van der Waals surface area contributed by atoms with E-state index in [9.17, 15) is 8.42 Å². The van der Waals surface area contributed by atoms with Crippen LogP contribution in [0, 0.1) is 13.8 Å². The highest BCUT2D eigenvalue weighted by atomic mass is 35.5. The molecule has 0 saturated carbocycles. The minimum atomic E-state index is -3.49. The first-order valence-electron chi connectivity index (χ1n) is 9.71. The molecule has 1 fully saturated rings. The third-order valence-corrected chi connectivity index (χ3v) is 7.52. The van der Waals surface area contributed by atoms with Crippen LogP contribution >= 0.6 is 11.6 Å². The quantitative estimate of drug-likeness (QED) is 0.596. The van der Waals surface area contributed by atoms with E-state index in [1.165, 1.54) is 0 Å². The largest absolute Gasteiger partial charge is 0.338 e. The Kier molecular flexibility index (Phi) is 5.92. The molecular weight excluding hydrogens is 424 g/mol. The molecule has 158 valence electrons. The van der Waals surface area contributed by atoms with E-state index in [1.54, 1.807) is 28.6 Å². The molecule has 0 amide bonds. The zero-order chi connectivity index (χ0) is 21.3. The Balaban J connectivity index is 1.38. The predicted molar refractivity (Wildman–Crippen MR) is 115 cm³/mol. The molecule has 0 radical (unpaired) electrons. The van der Waals surface area contributed by atoms with Crippen LogP contribution in [0.3, 0.4) is 0 Å². The van der Waals surface area contributed by atoms with Gasteiger partial charge in [-0.1, -0.05) is 22.8 Å². The number of aryl methyl sites for hydroxylation is 2. The van der Waals surface area contributed by atoms with Gasteiger partial charge in [-0.25, -0.2) is 8.42 Å². The van der Waals surface area contributed by atoms with Gasteiger partial charge >= 0.3 is 0 Å². The summed E-state index contributed by atoms with van der Waals surface area (Å²) in [6.45, 7) is 6.43. The number of hydrogen-bond donors (Lipinski definition) is 0. The maximum atomic E-state index is 13.0. The summed E-state index contributed by atoms with van der Waals surface area (Å²) < 4.78 is 32.8. The highest BCUT2D eigenvalue weighted by Crippen LogP contribution is 2.22. The molecule has 0 unspecified atom stereocenters. The summed E-state index contributed by atoms with van der Waals surface area (Å²) >= 11 is 5.91. The number of aromatic nitrogens is 2. The van der Waals surface area contributed by atoms with Crippen LogP contribution in [0.4, 0.5) is 0 Å². The first-order chi connectivity index (χ1) is 14.3. The van der Waals surface area contributed by atoms with E-state index < -0.39 is 10.0 Å². The van der Waals surface area contributed by atoms with Crippen LogP contribution in [-0.4, -0.2) is 53.9 Å². The molecule has 1 saturated heterocycles. The van der Waals surface area contributed by atoms with Gasteiger partial charge in [0.1, 0.15) is 0 Å². The van der Waals surface area contributed by atoms with Gasteiger partial charge in [-0.05, 0) is 61.4 Å². The summed E-state index contributed by atoms with van der Waals surface area (Å²) in [6.07, 6.45) is 0. The average Bonchev–Trinajstić information content (AvgIpc) is 3.19. The van der Waals surface area contributed by atoms with Gasteiger partial charge < -0.3 is 4.52 Å². The van der Waals surface area contributed by atoms with Crippen LogP contribution < -0.4 is 0 Å². The number of benzene rings is 2. The molecule has 7 nitrogen and oxygen atoms in total. The van der Waals surface area contributed by atoms with Gasteiger partial charge in [0, 0.05) is 36.8 Å². The number of sulfonamides is 1. The van der Waals surface area contributed by atoms with Gasteiger partial charge in [-0.3, -0.25) is 4.90 Å². The topological polar surface area (TPSA) is 79.5 Å². The van der Waals surface area contributed by atoms with Gasteiger partial charge in [-0.15, -0.1) is 0 Å². The second-order valence-electron chi connectivity index (χ2n) is 7.44. The molecule has 2 aromatic carbocycles. The number of halogens is 1. The third kappa shape index (κ3) is 4.41. The second-order valence-corrected chi connectivity index (χ2v) is 9.82. The summed E-state index contributed by atoms with van der Waals surface area (Å²) in [5.41, 5.74) is 2.89. The number of rotatable bonds is 5. The van der Waals surface area contributed by atoms with Crippen LogP contribution in [0.5, 0.6) is 0 Å². The smallest absolute Gasteiger partial charge is 0.243 e. The average molecular weight is 447 g/mol. The van der Waals surface area contributed by atoms with Crippen molar-refractivity contribution in [3.8, 4) is 11.4 Å². The lowest BCUT2D eigenvalue weighted by molar-refractivity contribution is 0.163. The number of piperazine rings is 1. The Morgan fingerprint density at radius 1 is 1.00 bits per heavy atom. The summed E-state index contributed by atoms with van der Waals surface area (Å²) in [7, 11) is -3.49. The molecule has 0 atom stereocenters. The van der Waals surface area contributed by atoms with Crippen molar-refractivity contribution < 1.29 is 12.9 Å². The Hall–Kier alpha value is -2.26. The zero-order valence-corrected chi connectivity index (χ0v) is 18.4. The zero-order valence-electron chi connectivity index (χ0n) is 16.9. The second kappa shape index (κ2) is 8.47. The molecule has 2 heterocycles. The summed E-state index contributed by atoms with van der Waals surface area (Å²) in [4.78, 5) is 6.91. The van der Waals surface area contributed by atoms with E-state index >= 15 is 0 Å². The monoisotopic (exact) mass is 446 g/mol.